The van der Waals surface area contributed by atoms with E-state index in [0.717, 1.165) is 32.1 Å². The van der Waals surface area contributed by atoms with Gasteiger partial charge in [-0.05, 0) is 38.5 Å². The third-order valence-electron chi connectivity index (χ3n) is 3.22. The van der Waals surface area contributed by atoms with Crippen LogP contribution in [0.4, 0.5) is 0 Å². The van der Waals surface area contributed by atoms with Gasteiger partial charge in [-0.15, -0.1) is 0 Å². The number of nitrogens with two attached hydrogens (primary N) is 1. The van der Waals surface area contributed by atoms with Crippen molar-refractivity contribution in [3.8, 4) is 0 Å². The lowest BCUT2D eigenvalue weighted by Crippen LogP contribution is -2.48. The molecule has 4 nitrogen and oxygen atoms in total. The van der Waals surface area contributed by atoms with Gasteiger partial charge in [-0.3, -0.25) is 4.79 Å². The SMILES string of the molecule is NC1(C(=O)NC2CCCC(O)C2)CC1. The molecule has 0 aromatic heterocycles. The minimum atomic E-state index is -0.581. The van der Waals surface area contributed by atoms with Crippen LogP contribution in [-0.2, 0) is 4.79 Å². The Kier molecular flexibility index (Phi) is 2.49. The first-order valence-corrected chi connectivity index (χ1v) is 5.38. The van der Waals surface area contributed by atoms with Crippen LogP contribution < -0.4 is 11.1 Å². The fourth-order valence-corrected chi connectivity index (χ4v) is 1.99. The molecule has 2 aliphatic carbocycles. The van der Waals surface area contributed by atoms with Crippen LogP contribution in [0.15, 0.2) is 0 Å². The average Bonchev–Trinajstić information content (AvgIpc) is 2.85. The number of aliphatic hydroxyl groups is 1. The molecule has 0 aromatic carbocycles. The summed E-state index contributed by atoms with van der Waals surface area (Å²) in [7, 11) is 0. The van der Waals surface area contributed by atoms with Crippen LogP contribution >= 0.6 is 0 Å². The molecule has 4 heteroatoms. The summed E-state index contributed by atoms with van der Waals surface area (Å²) in [5.74, 6) is -0.0309. The van der Waals surface area contributed by atoms with Gasteiger partial charge in [-0.2, -0.15) is 0 Å². The number of carbonyl (C=O) groups excluding carboxylic acids is 1. The van der Waals surface area contributed by atoms with E-state index in [1.54, 1.807) is 0 Å². The summed E-state index contributed by atoms with van der Waals surface area (Å²) in [5.41, 5.74) is 5.19. The monoisotopic (exact) mass is 198 g/mol. The minimum Gasteiger partial charge on any atom is -0.393 e. The van der Waals surface area contributed by atoms with Gasteiger partial charge in [0.05, 0.1) is 11.6 Å². The lowest BCUT2D eigenvalue weighted by molar-refractivity contribution is -0.124. The highest BCUT2D eigenvalue weighted by Gasteiger charge is 2.46. The molecule has 2 atom stereocenters. The Morgan fingerprint density at radius 2 is 2.14 bits per heavy atom. The summed E-state index contributed by atoms with van der Waals surface area (Å²) in [6, 6.07) is 0.132. The molecule has 0 radical (unpaired) electrons. The van der Waals surface area contributed by atoms with Gasteiger partial charge in [0.15, 0.2) is 0 Å². The van der Waals surface area contributed by atoms with Gasteiger partial charge in [0, 0.05) is 6.04 Å². The van der Waals surface area contributed by atoms with E-state index in [2.05, 4.69) is 5.32 Å². The number of carbonyl (C=O) groups is 1. The largest absolute Gasteiger partial charge is 0.393 e. The molecule has 0 aliphatic heterocycles. The summed E-state index contributed by atoms with van der Waals surface area (Å²) in [5, 5.41) is 12.4. The summed E-state index contributed by atoms with van der Waals surface area (Å²) < 4.78 is 0. The van der Waals surface area contributed by atoms with Crippen LogP contribution in [0.3, 0.4) is 0 Å². The van der Waals surface area contributed by atoms with Gasteiger partial charge in [0.2, 0.25) is 5.91 Å². The summed E-state index contributed by atoms with van der Waals surface area (Å²) in [4.78, 5) is 11.6. The fraction of sp³-hybridized carbons (Fsp3) is 0.900. The van der Waals surface area contributed by atoms with E-state index in [1.807, 2.05) is 0 Å². The first kappa shape index (κ1) is 9.93. The van der Waals surface area contributed by atoms with Gasteiger partial charge in [0.1, 0.15) is 0 Å². The van der Waals surface area contributed by atoms with Crippen LogP contribution in [0.2, 0.25) is 0 Å². The van der Waals surface area contributed by atoms with Crippen molar-refractivity contribution in [2.75, 3.05) is 0 Å². The maximum atomic E-state index is 11.6. The second-order valence-corrected chi connectivity index (χ2v) is 4.65. The van der Waals surface area contributed by atoms with E-state index in [4.69, 9.17) is 5.73 Å². The molecule has 4 N–H and O–H groups in total. The molecular weight excluding hydrogens is 180 g/mol. The van der Waals surface area contributed by atoms with E-state index in [0.29, 0.717) is 6.42 Å². The Balaban J connectivity index is 1.81. The van der Waals surface area contributed by atoms with Gasteiger partial charge >= 0.3 is 0 Å². The molecule has 2 aliphatic rings. The van der Waals surface area contributed by atoms with Crippen molar-refractivity contribution < 1.29 is 9.90 Å². The zero-order valence-electron chi connectivity index (χ0n) is 8.33. The molecule has 0 bridgehead atoms. The molecule has 2 rings (SSSR count). The Labute approximate surface area is 83.9 Å². The molecule has 2 fully saturated rings. The number of hydrogen-bond acceptors (Lipinski definition) is 3. The van der Waals surface area contributed by atoms with Crippen molar-refractivity contribution in [3.63, 3.8) is 0 Å². The Morgan fingerprint density at radius 3 is 2.71 bits per heavy atom. The van der Waals surface area contributed by atoms with Crippen molar-refractivity contribution in [2.24, 2.45) is 5.73 Å². The smallest absolute Gasteiger partial charge is 0.240 e. The summed E-state index contributed by atoms with van der Waals surface area (Å²) in [6.45, 7) is 0. The average molecular weight is 198 g/mol. The van der Waals surface area contributed by atoms with E-state index >= 15 is 0 Å². The molecule has 0 aromatic rings. The molecule has 2 saturated carbocycles. The Morgan fingerprint density at radius 1 is 1.43 bits per heavy atom. The molecule has 1 amide bonds. The topological polar surface area (TPSA) is 75.4 Å². The summed E-state index contributed by atoms with van der Waals surface area (Å²) in [6.07, 6.45) is 4.86. The Hall–Kier alpha value is -0.610. The predicted molar refractivity (Wildman–Crippen MR) is 52.6 cm³/mol. The van der Waals surface area contributed by atoms with Crippen LogP contribution in [-0.4, -0.2) is 28.7 Å². The molecule has 2 unspecified atom stereocenters. The third kappa shape index (κ3) is 2.07. The standard InChI is InChI=1S/C10H18N2O2/c11-10(4-5-10)9(14)12-7-2-1-3-8(13)6-7/h7-8,13H,1-6,11H2,(H,12,14). The third-order valence-corrected chi connectivity index (χ3v) is 3.22. The van der Waals surface area contributed by atoms with Gasteiger partial charge < -0.3 is 16.2 Å². The van der Waals surface area contributed by atoms with Crippen molar-refractivity contribution in [1.82, 2.24) is 5.32 Å². The van der Waals surface area contributed by atoms with Crippen LogP contribution in [0.1, 0.15) is 38.5 Å². The highest BCUT2D eigenvalue weighted by Crippen LogP contribution is 2.32. The van der Waals surface area contributed by atoms with Crippen LogP contribution in [0, 0.1) is 0 Å². The zero-order chi connectivity index (χ0) is 10.2. The van der Waals surface area contributed by atoms with E-state index in [-0.39, 0.29) is 18.1 Å². The normalized spacial score (nSPS) is 35.0. The van der Waals surface area contributed by atoms with Crippen molar-refractivity contribution >= 4 is 5.91 Å². The predicted octanol–water partition coefficient (Wildman–Crippen LogP) is -0.103. The number of rotatable bonds is 2. The van der Waals surface area contributed by atoms with Crippen LogP contribution in [0.5, 0.6) is 0 Å². The van der Waals surface area contributed by atoms with E-state index < -0.39 is 5.54 Å². The van der Waals surface area contributed by atoms with Crippen molar-refractivity contribution in [1.29, 1.82) is 0 Å². The van der Waals surface area contributed by atoms with E-state index in [9.17, 15) is 9.90 Å². The van der Waals surface area contributed by atoms with Gasteiger partial charge in [-0.1, -0.05) is 0 Å². The van der Waals surface area contributed by atoms with Crippen molar-refractivity contribution in [2.45, 2.75) is 56.2 Å². The highest BCUT2D eigenvalue weighted by molar-refractivity contribution is 5.89. The summed E-state index contributed by atoms with van der Waals surface area (Å²) >= 11 is 0. The highest BCUT2D eigenvalue weighted by atomic mass is 16.3. The van der Waals surface area contributed by atoms with Gasteiger partial charge in [-0.25, -0.2) is 0 Å². The molecule has 0 heterocycles. The lowest BCUT2D eigenvalue weighted by Gasteiger charge is -2.27. The lowest BCUT2D eigenvalue weighted by atomic mass is 9.93. The Bertz CT molecular complexity index is 238. The van der Waals surface area contributed by atoms with Crippen molar-refractivity contribution in [3.05, 3.63) is 0 Å². The molecular formula is C10H18N2O2. The number of aliphatic hydroxyl groups excluding tert-OH is 1. The molecule has 14 heavy (non-hydrogen) atoms. The quantitative estimate of drug-likeness (QED) is 0.580. The fourth-order valence-electron chi connectivity index (χ4n) is 1.99. The second kappa shape index (κ2) is 3.51. The maximum Gasteiger partial charge on any atom is 0.240 e. The minimum absolute atomic E-state index is 0.0309. The molecule has 0 spiro atoms. The maximum absolute atomic E-state index is 11.6. The number of nitrogens with one attached hydrogen (secondary N) is 1. The second-order valence-electron chi connectivity index (χ2n) is 4.65. The molecule has 80 valence electrons. The number of hydrogen-bond donors (Lipinski definition) is 3. The first-order valence-electron chi connectivity index (χ1n) is 5.38. The number of amides is 1. The molecule has 0 saturated heterocycles. The van der Waals surface area contributed by atoms with Crippen LogP contribution in [0.25, 0.3) is 0 Å². The van der Waals surface area contributed by atoms with Gasteiger partial charge in [0.25, 0.3) is 0 Å². The zero-order valence-corrected chi connectivity index (χ0v) is 8.33. The first-order chi connectivity index (χ1) is 6.60. The van der Waals surface area contributed by atoms with E-state index in [1.165, 1.54) is 0 Å².